The molecule has 0 radical (unpaired) electrons. The SMILES string of the molecule is CCCCCCCCCCCCCCCCCCCCCCCC(=O)O[C@H](COC(=O)CCCCCCCCCCCCC(C)C)COP(=O)(O)OC[C@@H](O)COP(=O)(O)OC[C@@H](COC(=O)CCCCCCCCC)OC(=O)CCCCCCCCCC(C)C. The number of aliphatic hydroxyl groups excluding tert-OH is 1. The van der Waals surface area contributed by atoms with Gasteiger partial charge in [0.15, 0.2) is 12.2 Å². The number of aliphatic hydroxyl groups is 1. The highest BCUT2D eigenvalue weighted by atomic mass is 31.2. The lowest BCUT2D eigenvalue weighted by Crippen LogP contribution is -2.30. The quantitative estimate of drug-likeness (QED) is 0.0222. The Morgan fingerprint density at radius 2 is 0.505 bits per heavy atom. The smallest absolute Gasteiger partial charge is 0.462 e. The third-order valence-electron chi connectivity index (χ3n) is 16.7. The van der Waals surface area contributed by atoms with Gasteiger partial charge in [0, 0.05) is 25.7 Å². The van der Waals surface area contributed by atoms with Gasteiger partial charge in [-0.15, -0.1) is 0 Å². The standard InChI is InChI=1S/C72H140O17P2/c1-7-9-11-13-15-16-17-18-19-20-21-22-23-24-25-26-27-32-38-44-50-56-71(76)88-68(61-83-70(75)55-49-43-37-31-29-28-30-35-40-46-52-64(3)4)63-87-91(80,81)85-59-66(73)58-84-90(78,79)86-62-67(60-82-69(74)54-48-42-34-14-12-10-8-2)89-72(77)57-51-45-39-33-36-41-47-53-65(5)6/h64-68,73H,7-63H2,1-6H3,(H,78,79)(H,80,81)/t66-,67+,68+/m0/s1. The van der Waals surface area contributed by atoms with Crippen molar-refractivity contribution in [2.24, 2.45) is 11.8 Å². The maximum absolute atomic E-state index is 13.0. The minimum Gasteiger partial charge on any atom is -0.462 e. The highest BCUT2D eigenvalue weighted by Gasteiger charge is 2.30. The molecule has 0 saturated carbocycles. The summed E-state index contributed by atoms with van der Waals surface area (Å²) < 4.78 is 68.2. The fourth-order valence-electron chi connectivity index (χ4n) is 10.9. The highest BCUT2D eigenvalue weighted by Crippen LogP contribution is 2.45. The molecular formula is C72H140O17P2. The molecule has 19 heteroatoms. The first-order valence-electron chi connectivity index (χ1n) is 37.5. The molecule has 2 unspecified atom stereocenters. The van der Waals surface area contributed by atoms with Crippen LogP contribution in [-0.4, -0.2) is 96.7 Å². The first-order valence-corrected chi connectivity index (χ1v) is 40.5. The number of carbonyl (C=O) groups excluding carboxylic acids is 4. The van der Waals surface area contributed by atoms with Gasteiger partial charge in [0.05, 0.1) is 26.4 Å². The summed E-state index contributed by atoms with van der Waals surface area (Å²) in [5.74, 6) is -0.675. The molecule has 0 aliphatic heterocycles. The topological polar surface area (TPSA) is 237 Å². The van der Waals surface area contributed by atoms with E-state index in [4.69, 9.17) is 37.0 Å². The molecule has 0 aromatic rings. The van der Waals surface area contributed by atoms with Crippen LogP contribution in [0.25, 0.3) is 0 Å². The Balaban J connectivity index is 5.15. The van der Waals surface area contributed by atoms with Crippen molar-refractivity contribution in [2.45, 2.75) is 387 Å². The van der Waals surface area contributed by atoms with Gasteiger partial charge in [0.1, 0.15) is 19.3 Å². The van der Waals surface area contributed by atoms with E-state index in [2.05, 4.69) is 41.5 Å². The lowest BCUT2D eigenvalue weighted by molar-refractivity contribution is -0.161. The fraction of sp³-hybridized carbons (Fsp3) is 0.944. The minimum atomic E-state index is -4.95. The number of phosphoric acid groups is 2. The molecule has 3 N–H and O–H groups in total. The molecule has 0 bridgehead atoms. The summed E-state index contributed by atoms with van der Waals surface area (Å²) in [4.78, 5) is 72.4. The highest BCUT2D eigenvalue weighted by molar-refractivity contribution is 7.47. The van der Waals surface area contributed by atoms with Crippen molar-refractivity contribution in [3.63, 3.8) is 0 Å². The maximum Gasteiger partial charge on any atom is 0.472 e. The predicted octanol–water partition coefficient (Wildman–Crippen LogP) is 20.8. The Hall–Kier alpha value is -1.94. The van der Waals surface area contributed by atoms with Gasteiger partial charge in [-0.1, -0.05) is 318 Å². The molecule has 17 nitrogen and oxygen atoms in total. The Morgan fingerprint density at radius 3 is 0.747 bits per heavy atom. The van der Waals surface area contributed by atoms with Gasteiger partial charge in [0.2, 0.25) is 0 Å². The minimum absolute atomic E-state index is 0.103. The van der Waals surface area contributed by atoms with E-state index in [9.17, 15) is 43.2 Å². The third kappa shape index (κ3) is 66.5. The zero-order valence-corrected chi connectivity index (χ0v) is 60.9. The van der Waals surface area contributed by atoms with Gasteiger partial charge in [-0.2, -0.15) is 0 Å². The Bertz CT molecular complexity index is 1770. The van der Waals surface area contributed by atoms with E-state index in [1.165, 1.54) is 173 Å². The lowest BCUT2D eigenvalue weighted by Gasteiger charge is -2.21. The van der Waals surface area contributed by atoms with E-state index in [1.807, 2.05) is 0 Å². The summed E-state index contributed by atoms with van der Waals surface area (Å²) >= 11 is 0. The van der Waals surface area contributed by atoms with Crippen molar-refractivity contribution in [3.8, 4) is 0 Å². The van der Waals surface area contributed by atoms with E-state index in [0.717, 1.165) is 109 Å². The number of carbonyl (C=O) groups is 4. The van der Waals surface area contributed by atoms with Crippen molar-refractivity contribution < 1.29 is 80.2 Å². The number of esters is 4. The number of hydrogen-bond donors (Lipinski definition) is 3. The Labute approximate surface area is 556 Å². The van der Waals surface area contributed by atoms with Crippen LogP contribution in [0.2, 0.25) is 0 Å². The summed E-state index contributed by atoms with van der Waals surface area (Å²) in [6.45, 7) is 9.44. The number of rotatable bonds is 71. The molecule has 91 heavy (non-hydrogen) atoms. The number of hydrogen-bond acceptors (Lipinski definition) is 15. The molecule has 0 aromatic carbocycles. The summed E-state index contributed by atoms with van der Waals surface area (Å²) in [5.41, 5.74) is 0. The zero-order chi connectivity index (χ0) is 67.2. The van der Waals surface area contributed by atoms with E-state index < -0.39 is 97.5 Å². The molecule has 0 heterocycles. The molecule has 0 spiro atoms. The third-order valence-corrected chi connectivity index (χ3v) is 18.6. The normalized spacial score (nSPS) is 14.1. The van der Waals surface area contributed by atoms with Crippen LogP contribution in [0, 0.1) is 11.8 Å². The van der Waals surface area contributed by atoms with Crippen molar-refractivity contribution in [1.82, 2.24) is 0 Å². The molecule has 0 saturated heterocycles. The predicted molar refractivity (Wildman–Crippen MR) is 368 cm³/mol. The molecule has 0 rings (SSSR count). The second kappa shape index (κ2) is 64.1. The largest absolute Gasteiger partial charge is 0.472 e. The van der Waals surface area contributed by atoms with E-state index in [-0.39, 0.29) is 25.7 Å². The lowest BCUT2D eigenvalue weighted by atomic mass is 10.0. The second-order valence-corrected chi connectivity index (χ2v) is 29.8. The summed E-state index contributed by atoms with van der Waals surface area (Å²) in [7, 11) is -9.90. The molecule has 540 valence electrons. The van der Waals surface area contributed by atoms with Crippen LogP contribution in [0.5, 0.6) is 0 Å². The van der Waals surface area contributed by atoms with Gasteiger partial charge in [-0.25, -0.2) is 9.13 Å². The number of unbranched alkanes of at least 4 members (excludes halogenated alkanes) is 41. The summed E-state index contributed by atoms with van der Waals surface area (Å²) in [5, 5.41) is 10.6. The van der Waals surface area contributed by atoms with E-state index in [1.54, 1.807) is 0 Å². The van der Waals surface area contributed by atoms with Gasteiger partial charge in [0.25, 0.3) is 0 Å². The molecule has 0 amide bonds. The monoisotopic (exact) mass is 1340 g/mol. The van der Waals surface area contributed by atoms with Crippen LogP contribution >= 0.6 is 15.6 Å². The Kier molecular flexibility index (Phi) is 62.7. The van der Waals surface area contributed by atoms with E-state index in [0.29, 0.717) is 31.6 Å². The molecule has 0 aromatic heterocycles. The summed E-state index contributed by atoms with van der Waals surface area (Å²) in [6, 6.07) is 0. The Morgan fingerprint density at radius 1 is 0.297 bits per heavy atom. The van der Waals surface area contributed by atoms with Gasteiger partial charge in [-0.3, -0.25) is 37.3 Å². The van der Waals surface area contributed by atoms with Crippen LogP contribution in [0.1, 0.15) is 369 Å². The maximum atomic E-state index is 13.0. The number of phosphoric ester groups is 2. The molecule has 0 aliphatic carbocycles. The van der Waals surface area contributed by atoms with Crippen LogP contribution in [-0.2, 0) is 65.4 Å². The first kappa shape index (κ1) is 89.1. The molecular weight excluding hydrogens is 1200 g/mol. The van der Waals surface area contributed by atoms with Crippen molar-refractivity contribution in [1.29, 1.82) is 0 Å². The number of ether oxygens (including phenoxy) is 4. The van der Waals surface area contributed by atoms with E-state index >= 15 is 0 Å². The van der Waals surface area contributed by atoms with Gasteiger partial charge >= 0.3 is 39.5 Å². The van der Waals surface area contributed by atoms with Crippen LogP contribution < -0.4 is 0 Å². The summed E-state index contributed by atoms with van der Waals surface area (Å²) in [6.07, 6.45) is 50.4. The van der Waals surface area contributed by atoms with Crippen LogP contribution in [0.15, 0.2) is 0 Å². The molecule has 0 aliphatic rings. The van der Waals surface area contributed by atoms with Gasteiger partial charge in [-0.05, 0) is 37.5 Å². The first-order chi connectivity index (χ1) is 43.9. The van der Waals surface area contributed by atoms with Crippen molar-refractivity contribution in [2.75, 3.05) is 39.6 Å². The second-order valence-electron chi connectivity index (χ2n) is 26.9. The van der Waals surface area contributed by atoms with Crippen molar-refractivity contribution >= 4 is 39.5 Å². The van der Waals surface area contributed by atoms with Crippen LogP contribution in [0.4, 0.5) is 0 Å². The molecule has 0 fully saturated rings. The average molecular weight is 1340 g/mol. The molecule has 5 atom stereocenters. The van der Waals surface area contributed by atoms with Crippen LogP contribution in [0.3, 0.4) is 0 Å². The average Bonchev–Trinajstić information content (AvgIpc) is 3.46. The zero-order valence-electron chi connectivity index (χ0n) is 59.1. The van der Waals surface area contributed by atoms with Crippen molar-refractivity contribution in [3.05, 3.63) is 0 Å². The fourth-order valence-corrected chi connectivity index (χ4v) is 12.5. The van der Waals surface area contributed by atoms with Gasteiger partial charge < -0.3 is 33.8 Å².